The lowest BCUT2D eigenvalue weighted by atomic mass is 9.90. The van der Waals surface area contributed by atoms with E-state index < -0.39 is 10.0 Å². The van der Waals surface area contributed by atoms with Crippen molar-refractivity contribution < 1.29 is 8.42 Å². The van der Waals surface area contributed by atoms with Crippen LogP contribution in [0.4, 0.5) is 0 Å². The standard InChI is InChI=1S/C28H29N5O2S/c34-36(35,33-18-23-7-1-2-8-24(23)19-33)25-11-3-6-21(16-25)17-32(20-27-29-14-15-30-27)26-12-4-9-22-10-5-13-31-28(22)26/h1-3,5-8,10-11,13-16,26H,4,9,12,17-20H2,(H,29,30). The lowest BCUT2D eigenvalue weighted by molar-refractivity contribution is 0.153. The van der Waals surface area contributed by atoms with Gasteiger partial charge in [0.1, 0.15) is 5.82 Å². The van der Waals surface area contributed by atoms with Gasteiger partial charge in [-0.15, -0.1) is 0 Å². The van der Waals surface area contributed by atoms with Crippen molar-refractivity contribution in [1.29, 1.82) is 0 Å². The maximum absolute atomic E-state index is 13.5. The molecule has 0 fully saturated rings. The van der Waals surface area contributed by atoms with Gasteiger partial charge in [0, 0.05) is 38.2 Å². The van der Waals surface area contributed by atoms with Crippen molar-refractivity contribution in [3.63, 3.8) is 0 Å². The first-order valence-electron chi connectivity index (χ1n) is 12.4. The molecule has 0 spiro atoms. The first-order chi connectivity index (χ1) is 17.6. The summed E-state index contributed by atoms with van der Waals surface area (Å²) < 4.78 is 28.7. The second-order valence-corrected chi connectivity index (χ2v) is 11.5. The van der Waals surface area contributed by atoms with Crippen LogP contribution in [-0.2, 0) is 42.6 Å². The van der Waals surface area contributed by atoms with Crippen LogP contribution in [0.2, 0.25) is 0 Å². The number of nitrogens with zero attached hydrogens (tertiary/aromatic N) is 4. The number of aryl methyl sites for hydroxylation is 1. The summed E-state index contributed by atoms with van der Waals surface area (Å²) in [5, 5.41) is 0. The highest BCUT2D eigenvalue weighted by molar-refractivity contribution is 7.89. The summed E-state index contributed by atoms with van der Waals surface area (Å²) in [6.45, 7) is 2.06. The summed E-state index contributed by atoms with van der Waals surface area (Å²) in [5.74, 6) is 0.886. The molecular weight excluding hydrogens is 470 g/mol. The highest BCUT2D eigenvalue weighted by Crippen LogP contribution is 2.35. The number of aromatic amines is 1. The molecule has 1 unspecified atom stereocenters. The monoisotopic (exact) mass is 499 g/mol. The molecule has 4 aromatic rings. The lowest BCUT2D eigenvalue weighted by Crippen LogP contribution is -2.32. The zero-order valence-corrected chi connectivity index (χ0v) is 20.9. The fourth-order valence-electron chi connectivity index (χ4n) is 5.45. The van der Waals surface area contributed by atoms with Gasteiger partial charge < -0.3 is 4.98 Å². The SMILES string of the molecule is O=S(=O)(c1cccc(CN(Cc2ncc[nH]2)C2CCCc3cccnc32)c1)N1Cc2ccccc2C1. The molecule has 1 aliphatic heterocycles. The minimum atomic E-state index is -3.60. The Balaban J connectivity index is 1.29. The van der Waals surface area contributed by atoms with Gasteiger partial charge in [-0.25, -0.2) is 13.4 Å². The van der Waals surface area contributed by atoms with E-state index in [9.17, 15) is 8.42 Å². The Morgan fingerprint density at radius 3 is 2.50 bits per heavy atom. The predicted molar refractivity (Wildman–Crippen MR) is 137 cm³/mol. The Kier molecular flexibility index (Phi) is 6.17. The van der Waals surface area contributed by atoms with Crippen LogP contribution in [0.15, 0.2) is 84.1 Å². The van der Waals surface area contributed by atoms with Gasteiger partial charge in [-0.05, 0) is 59.7 Å². The van der Waals surface area contributed by atoms with Crippen LogP contribution in [0.3, 0.4) is 0 Å². The number of fused-ring (bicyclic) bond motifs is 2. The summed E-state index contributed by atoms with van der Waals surface area (Å²) in [6, 6.07) is 19.6. The van der Waals surface area contributed by atoms with Crippen LogP contribution in [-0.4, -0.2) is 32.6 Å². The maximum Gasteiger partial charge on any atom is 0.243 e. The first kappa shape index (κ1) is 23.1. The molecule has 1 atom stereocenters. The van der Waals surface area contributed by atoms with E-state index in [2.05, 4.69) is 20.9 Å². The summed E-state index contributed by atoms with van der Waals surface area (Å²) in [6.07, 6.45) is 8.62. The average molecular weight is 500 g/mol. The zero-order valence-electron chi connectivity index (χ0n) is 20.0. The van der Waals surface area contributed by atoms with Gasteiger partial charge >= 0.3 is 0 Å². The van der Waals surface area contributed by atoms with Crippen molar-refractivity contribution in [2.45, 2.75) is 56.4 Å². The number of nitrogens with one attached hydrogen (secondary N) is 1. The topological polar surface area (TPSA) is 82.2 Å². The molecule has 184 valence electrons. The fraction of sp³-hybridized carbons (Fsp3) is 0.286. The molecule has 0 radical (unpaired) electrons. The number of hydrogen-bond donors (Lipinski definition) is 1. The van der Waals surface area contributed by atoms with Crippen molar-refractivity contribution in [1.82, 2.24) is 24.2 Å². The number of aromatic nitrogens is 3. The molecule has 0 bridgehead atoms. The molecule has 7 nitrogen and oxygen atoms in total. The van der Waals surface area contributed by atoms with E-state index in [1.165, 1.54) is 5.56 Å². The molecule has 6 rings (SSSR count). The van der Waals surface area contributed by atoms with Crippen molar-refractivity contribution in [2.75, 3.05) is 0 Å². The smallest absolute Gasteiger partial charge is 0.243 e. The summed E-state index contributed by atoms with van der Waals surface area (Å²) >= 11 is 0. The van der Waals surface area contributed by atoms with Crippen molar-refractivity contribution >= 4 is 10.0 Å². The quantitative estimate of drug-likeness (QED) is 0.402. The summed E-state index contributed by atoms with van der Waals surface area (Å²) in [4.78, 5) is 15.1. The molecule has 1 aliphatic carbocycles. The summed E-state index contributed by atoms with van der Waals surface area (Å²) in [7, 11) is -3.60. The molecule has 2 aliphatic rings. The molecule has 1 N–H and O–H groups in total. The molecule has 0 saturated carbocycles. The number of benzene rings is 2. The zero-order chi connectivity index (χ0) is 24.5. The number of rotatable bonds is 7. The highest BCUT2D eigenvalue weighted by atomic mass is 32.2. The van der Waals surface area contributed by atoms with Crippen LogP contribution in [0.5, 0.6) is 0 Å². The number of hydrogen-bond acceptors (Lipinski definition) is 5. The minimum Gasteiger partial charge on any atom is -0.348 e. The Morgan fingerprint density at radius 1 is 0.917 bits per heavy atom. The Labute approximate surface area is 211 Å². The molecule has 0 saturated heterocycles. The van der Waals surface area contributed by atoms with Gasteiger partial charge in [0.2, 0.25) is 10.0 Å². The predicted octanol–water partition coefficient (Wildman–Crippen LogP) is 4.59. The van der Waals surface area contributed by atoms with Crippen LogP contribution < -0.4 is 0 Å². The maximum atomic E-state index is 13.5. The van der Waals surface area contributed by atoms with E-state index in [-0.39, 0.29) is 6.04 Å². The Hall–Kier alpha value is -3.33. The number of sulfonamides is 1. The average Bonchev–Trinajstić information content (AvgIpc) is 3.58. The molecule has 36 heavy (non-hydrogen) atoms. The van der Waals surface area contributed by atoms with Gasteiger partial charge in [-0.2, -0.15) is 4.31 Å². The number of imidazole rings is 1. The molecule has 2 aromatic heterocycles. The fourth-order valence-corrected chi connectivity index (χ4v) is 6.92. The Morgan fingerprint density at radius 2 is 1.72 bits per heavy atom. The second kappa shape index (κ2) is 9.61. The molecule has 2 aromatic carbocycles. The van der Waals surface area contributed by atoms with E-state index in [1.807, 2.05) is 60.9 Å². The van der Waals surface area contributed by atoms with Gasteiger partial charge in [0.25, 0.3) is 0 Å². The summed E-state index contributed by atoms with van der Waals surface area (Å²) in [5.41, 5.74) is 5.52. The largest absolute Gasteiger partial charge is 0.348 e. The minimum absolute atomic E-state index is 0.147. The first-order valence-corrected chi connectivity index (χ1v) is 13.8. The third kappa shape index (κ3) is 4.48. The van der Waals surface area contributed by atoms with Gasteiger partial charge in [-0.1, -0.05) is 42.5 Å². The van der Waals surface area contributed by atoms with Crippen LogP contribution >= 0.6 is 0 Å². The van der Waals surface area contributed by atoms with E-state index in [0.717, 1.165) is 47.5 Å². The second-order valence-electron chi connectivity index (χ2n) is 9.59. The molecule has 0 amide bonds. The molecule has 3 heterocycles. The number of pyridine rings is 1. The third-order valence-corrected chi connectivity index (χ3v) is 9.04. The Bertz CT molecular complexity index is 1440. The van der Waals surface area contributed by atoms with Gasteiger partial charge in [0.05, 0.1) is 23.2 Å². The van der Waals surface area contributed by atoms with Crippen molar-refractivity contribution in [3.8, 4) is 0 Å². The molecular formula is C28H29N5O2S. The van der Waals surface area contributed by atoms with Crippen LogP contribution in [0, 0.1) is 0 Å². The van der Waals surface area contributed by atoms with E-state index in [4.69, 9.17) is 4.98 Å². The van der Waals surface area contributed by atoms with Crippen molar-refractivity contribution in [3.05, 3.63) is 113 Å². The van der Waals surface area contributed by atoms with Gasteiger partial charge in [0.15, 0.2) is 0 Å². The normalized spacial score (nSPS) is 17.8. The van der Waals surface area contributed by atoms with Crippen LogP contribution in [0.25, 0.3) is 0 Å². The van der Waals surface area contributed by atoms with E-state index in [0.29, 0.717) is 31.1 Å². The van der Waals surface area contributed by atoms with Gasteiger partial charge in [-0.3, -0.25) is 9.88 Å². The van der Waals surface area contributed by atoms with Crippen LogP contribution in [0.1, 0.15) is 52.7 Å². The number of H-pyrrole nitrogens is 1. The molecule has 8 heteroatoms. The third-order valence-electron chi connectivity index (χ3n) is 7.25. The van der Waals surface area contributed by atoms with E-state index in [1.54, 1.807) is 16.6 Å². The lowest BCUT2D eigenvalue weighted by Gasteiger charge is -2.34. The van der Waals surface area contributed by atoms with E-state index >= 15 is 0 Å². The van der Waals surface area contributed by atoms with Crippen molar-refractivity contribution in [2.24, 2.45) is 0 Å². The highest BCUT2D eigenvalue weighted by Gasteiger charge is 2.31.